The molecule has 2 aromatic rings. The molecule has 0 radical (unpaired) electrons. The second-order valence-electron chi connectivity index (χ2n) is 7.73. The highest BCUT2D eigenvalue weighted by molar-refractivity contribution is 6.00. The molecule has 1 unspecified atom stereocenters. The molecular formula is C21H23N3O4. The van der Waals surface area contributed by atoms with E-state index < -0.39 is 12.6 Å². The van der Waals surface area contributed by atoms with Crippen LogP contribution in [-0.2, 0) is 9.59 Å². The summed E-state index contributed by atoms with van der Waals surface area (Å²) in [5, 5.41) is 17.1. The Labute approximate surface area is 162 Å². The van der Waals surface area contributed by atoms with Crippen molar-refractivity contribution in [3.63, 3.8) is 0 Å². The minimum Gasteiger partial charge on any atom is -0.464 e. The number of amides is 2. The lowest BCUT2D eigenvalue weighted by atomic mass is 9.87. The first kappa shape index (κ1) is 17.3. The molecule has 0 bridgehead atoms. The zero-order valence-electron chi connectivity index (χ0n) is 15.5. The quantitative estimate of drug-likeness (QED) is 0.734. The van der Waals surface area contributed by atoms with Crippen LogP contribution in [0.15, 0.2) is 46.2 Å². The molecule has 1 saturated carbocycles. The van der Waals surface area contributed by atoms with Crippen LogP contribution in [0.1, 0.15) is 37.3 Å². The predicted octanol–water partition coefficient (Wildman–Crippen LogP) is 1.59. The standard InChI is InChI=1S/C21H23N3O4/c25-11-17(26)24-16-7-2-1-6-14(16)23-15-10-22-21(27)18(15)19(24)13-5-3-4-12-8-9-28-20(12)13/h3-5,8-9,14,16,19,23,25H,1-2,6-7,10-11H2,(H,22,27)/t14-,16?,19-/m1/s1. The number of aliphatic hydroxyl groups excluding tert-OH is 1. The number of carbonyl (C=O) groups is 2. The molecule has 2 aliphatic heterocycles. The van der Waals surface area contributed by atoms with Gasteiger partial charge >= 0.3 is 0 Å². The van der Waals surface area contributed by atoms with Crippen molar-refractivity contribution >= 4 is 22.8 Å². The van der Waals surface area contributed by atoms with Gasteiger partial charge in [-0.05, 0) is 18.9 Å². The van der Waals surface area contributed by atoms with Gasteiger partial charge in [-0.2, -0.15) is 0 Å². The SMILES string of the molecule is O=C1NCC2=C1[C@@H](c1cccc3ccoc13)N(C(=O)CO)C1CCCC[C@H]1N2. The fourth-order valence-corrected chi connectivity index (χ4v) is 5.03. The van der Waals surface area contributed by atoms with Gasteiger partial charge in [0.1, 0.15) is 12.2 Å². The van der Waals surface area contributed by atoms with Crippen LogP contribution in [-0.4, -0.2) is 47.1 Å². The summed E-state index contributed by atoms with van der Waals surface area (Å²) in [4.78, 5) is 27.6. The average Bonchev–Trinajstić information content (AvgIpc) is 3.30. The Balaban J connectivity index is 1.75. The van der Waals surface area contributed by atoms with Gasteiger partial charge in [0.15, 0.2) is 0 Å². The Morgan fingerprint density at radius 1 is 1.25 bits per heavy atom. The van der Waals surface area contributed by atoms with E-state index in [9.17, 15) is 14.7 Å². The Morgan fingerprint density at radius 2 is 2.11 bits per heavy atom. The summed E-state index contributed by atoms with van der Waals surface area (Å²) in [5.41, 5.74) is 2.86. The lowest BCUT2D eigenvalue weighted by molar-refractivity contribution is -0.140. The summed E-state index contributed by atoms with van der Waals surface area (Å²) in [6.07, 6.45) is 5.50. The third-order valence-corrected chi connectivity index (χ3v) is 6.22. The van der Waals surface area contributed by atoms with Crippen molar-refractivity contribution in [3.8, 4) is 0 Å². The van der Waals surface area contributed by atoms with Crippen molar-refractivity contribution in [2.75, 3.05) is 13.2 Å². The third kappa shape index (κ3) is 2.53. The van der Waals surface area contributed by atoms with Gasteiger partial charge in [0, 0.05) is 22.7 Å². The predicted molar refractivity (Wildman–Crippen MR) is 102 cm³/mol. The maximum atomic E-state index is 13.0. The Bertz CT molecular complexity index is 979. The van der Waals surface area contributed by atoms with Gasteiger partial charge in [0.2, 0.25) is 5.91 Å². The number of benzene rings is 1. The fourth-order valence-electron chi connectivity index (χ4n) is 5.03. The maximum Gasteiger partial charge on any atom is 0.251 e. The van der Waals surface area contributed by atoms with Crippen molar-refractivity contribution in [1.82, 2.24) is 15.5 Å². The number of nitrogens with zero attached hydrogens (tertiary/aromatic N) is 1. The first-order valence-electron chi connectivity index (χ1n) is 9.85. The lowest BCUT2D eigenvalue weighted by Crippen LogP contribution is -2.54. The molecule has 3 atom stereocenters. The van der Waals surface area contributed by atoms with Crippen LogP contribution in [0.4, 0.5) is 0 Å². The zero-order chi connectivity index (χ0) is 19.3. The van der Waals surface area contributed by atoms with E-state index in [-0.39, 0.29) is 23.9 Å². The molecule has 3 N–H and O–H groups in total. The molecule has 5 rings (SSSR count). The van der Waals surface area contributed by atoms with E-state index in [1.807, 2.05) is 24.3 Å². The number of nitrogens with one attached hydrogen (secondary N) is 2. The lowest BCUT2D eigenvalue weighted by Gasteiger charge is -2.42. The first-order chi connectivity index (χ1) is 13.7. The number of hydrogen-bond donors (Lipinski definition) is 3. The summed E-state index contributed by atoms with van der Waals surface area (Å²) in [5.74, 6) is -0.536. The molecule has 7 nitrogen and oxygen atoms in total. The zero-order valence-corrected chi connectivity index (χ0v) is 15.5. The highest BCUT2D eigenvalue weighted by atomic mass is 16.3. The van der Waals surface area contributed by atoms with Crippen molar-refractivity contribution in [3.05, 3.63) is 47.4 Å². The number of aliphatic hydroxyl groups is 1. The molecule has 0 saturated heterocycles. The van der Waals surface area contributed by atoms with Crippen LogP contribution in [0.3, 0.4) is 0 Å². The number of fused-ring (bicyclic) bond motifs is 2. The summed E-state index contributed by atoms with van der Waals surface area (Å²) >= 11 is 0. The minimum atomic E-state index is -0.590. The van der Waals surface area contributed by atoms with Crippen LogP contribution in [0.5, 0.6) is 0 Å². The van der Waals surface area contributed by atoms with E-state index in [1.165, 1.54) is 0 Å². The molecule has 1 fully saturated rings. The molecule has 2 amide bonds. The minimum absolute atomic E-state index is 0.0720. The second kappa shape index (κ2) is 6.67. The Hall–Kier alpha value is -2.80. The monoisotopic (exact) mass is 381 g/mol. The summed E-state index contributed by atoms with van der Waals surface area (Å²) in [6.45, 7) is -0.152. The number of hydrogen-bond acceptors (Lipinski definition) is 5. The summed E-state index contributed by atoms with van der Waals surface area (Å²) in [6, 6.07) is 7.05. The van der Waals surface area contributed by atoms with E-state index in [0.29, 0.717) is 17.7 Å². The van der Waals surface area contributed by atoms with E-state index in [0.717, 1.165) is 42.3 Å². The van der Waals surface area contributed by atoms with Gasteiger partial charge in [-0.3, -0.25) is 9.59 Å². The van der Waals surface area contributed by atoms with E-state index in [1.54, 1.807) is 11.2 Å². The number of rotatable bonds is 2. The molecule has 146 valence electrons. The fraction of sp³-hybridized carbons (Fsp3) is 0.429. The molecule has 1 aromatic carbocycles. The number of carbonyl (C=O) groups excluding carboxylic acids is 2. The average molecular weight is 381 g/mol. The third-order valence-electron chi connectivity index (χ3n) is 6.22. The number of furan rings is 1. The van der Waals surface area contributed by atoms with Crippen molar-refractivity contribution < 1.29 is 19.1 Å². The van der Waals surface area contributed by atoms with Crippen molar-refractivity contribution in [2.45, 2.75) is 43.8 Å². The van der Waals surface area contributed by atoms with Gasteiger partial charge in [0.25, 0.3) is 5.91 Å². The van der Waals surface area contributed by atoms with Gasteiger partial charge in [-0.1, -0.05) is 31.0 Å². The highest BCUT2D eigenvalue weighted by Crippen LogP contribution is 2.42. The molecule has 0 spiro atoms. The van der Waals surface area contributed by atoms with E-state index >= 15 is 0 Å². The van der Waals surface area contributed by atoms with Gasteiger partial charge < -0.3 is 25.1 Å². The van der Waals surface area contributed by atoms with Crippen molar-refractivity contribution in [2.24, 2.45) is 0 Å². The number of para-hydroxylation sites is 1. The molecule has 1 aliphatic carbocycles. The van der Waals surface area contributed by atoms with Gasteiger partial charge in [-0.25, -0.2) is 0 Å². The second-order valence-corrected chi connectivity index (χ2v) is 7.73. The normalized spacial score (nSPS) is 27.1. The highest BCUT2D eigenvalue weighted by Gasteiger charge is 2.46. The van der Waals surface area contributed by atoms with Gasteiger partial charge in [-0.15, -0.1) is 0 Å². The van der Waals surface area contributed by atoms with Crippen LogP contribution in [0.2, 0.25) is 0 Å². The summed E-state index contributed by atoms with van der Waals surface area (Å²) in [7, 11) is 0. The van der Waals surface area contributed by atoms with Crippen LogP contribution < -0.4 is 10.6 Å². The Morgan fingerprint density at radius 3 is 2.96 bits per heavy atom. The molecule has 3 heterocycles. The van der Waals surface area contributed by atoms with Crippen LogP contribution in [0, 0.1) is 0 Å². The van der Waals surface area contributed by atoms with E-state index in [4.69, 9.17) is 4.42 Å². The topological polar surface area (TPSA) is 94.8 Å². The smallest absolute Gasteiger partial charge is 0.251 e. The Kier molecular flexibility index (Phi) is 4.12. The van der Waals surface area contributed by atoms with Crippen molar-refractivity contribution in [1.29, 1.82) is 0 Å². The van der Waals surface area contributed by atoms with Crippen LogP contribution >= 0.6 is 0 Å². The van der Waals surface area contributed by atoms with E-state index in [2.05, 4.69) is 10.6 Å². The molecule has 28 heavy (non-hydrogen) atoms. The van der Waals surface area contributed by atoms with Crippen LogP contribution in [0.25, 0.3) is 11.0 Å². The molecule has 3 aliphatic rings. The molecule has 1 aromatic heterocycles. The molecular weight excluding hydrogens is 358 g/mol. The summed E-state index contributed by atoms with van der Waals surface area (Å²) < 4.78 is 5.75. The maximum absolute atomic E-state index is 13.0. The largest absolute Gasteiger partial charge is 0.464 e. The van der Waals surface area contributed by atoms with Gasteiger partial charge in [0.05, 0.1) is 30.5 Å². The first-order valence-corrected chi connectivity index (χ1v) is 9.85. The molecule has 7 heteroatoms.